The van der Waals surface area contributed by atoms with Crippen molar-refractivity contribution in [3.8, 4) is 11.4 Å². The normalized spacial score (nSPS) is 15.1. The third-order valence-corrected chi connectivity index (χ3v) is 6.27. The molecule has 0 saturated heterocycles. The molecule has 38 heavy (non-hydrogen) atoms. The van der Waals surface area contributed by atoms with Crippen LogP contribution in [-0.2, 0) is 11.3 Å². The Morgan fingerprint density at radius 1 is 1.11 bits per heavy atom. The van der Waals surface area contributed by atoms with Crippen molar-refractivity contribution in [2.24, 2.45) is 0 Å². The average molecular weight is 513 g/mol. The summed E-state index contributed by atoms with van der Waals surface area (Å²) in [6, 6.07) is 15.9. The smallest absolute Gasteiger partial charge is 0.410 e. The molecule has 0 bridgehead atoms. The summed E-state index contributed by atoms with van der Waals surface area (Å²) in [4.78, 5) is 28.4. The fourth-order valence-corrected chi connectivity index (χ4v) is 4.55. The van der Waals surface area contributed by atoms with E-state index in [1.165, 1.54) is 0 Å². The van der Waals surface area contributed by atoms with Crippen LogP contribution in [0.15, 0.2) is 67.3 Å². The van der Waals surface area contributed by atoms with Gasteiger partial charge in [0.2, 0.25) is 5.95 Å². The quantitative estimate of drug-likeness (QED) is 0.372. The van der Waals surface area contributed by atoms with Crippen LogP contribution in [-0.4, -0.2) is 49.8 Å². The second-order valence-corrected chi connectivity index (χ2v) is 10.4. The molecule has 9 nitrogen and oxygen atoms in total. The summed E-state index contributed by atoms with van der Waals surface area (Å²) in [5, 5.41) is 3.32. The molecule has 0 fully saturated rings. The summed E-state index contributed by atoms with van der Waals surface area (Å²) in [6.07, 6.45) is 5.15. The highest BCUT2D eigenvalue weighted by Gasteiger charge is 2.33. The van der Waals surface area contributed by atoms with Crippen LogP contribution < -0.4 is 10.1 Å². The van der Waals surface area contributed by atoms with Gasteiger partial charge in [0.1, 0.15) is 11.4 Å². The van der Waals surface area contributed by atoms with Gasteiger partial charge in [-0.3, -0.25) is 0 Å². The van der Waals surface area contributed by atoms with E-state index in [0.29, 0.717) is 24.8 Å². The molecule has 9 heteroatoms. The Morgan fingerprint density at radius 2 is 1.89 bits per heavy atom. The molecule has 0 spiro atoms. The minimum Gasteiger partial charge on any atom is -0.494 e. The maximum Gasteiger partial charge on any atom is 0.410 e. The number of nitrogens with zero attached hydrogens (tertiary/aromatic N) is 5. The van der Waals surface area contributed by atoms with Gasteiger partial charge in [0.15, 0.2) is 0 Å². The number of hydrogen-bond donors (Lipinski definition) is 1. The number of aryl methyl sites for hydroxylation is 1. The van der Waals surface area contributed by atoms with Gasteiger partial charge >= 0.3 is 6.09 Å². The lowest BCUT2D eigenvalue weighted by Gasteiger charge is -2.35. The number of benzene rings is 2. The Hall–Kier alpha value is -4.40. The van der Waals surface area contributed by atoms with Gasteiger partial charge in [0.05, 0.1) is 37.1 Å². The van der Waals surface area contributed by atoms with E-state index in [1.54, 1.807) is 24.5 Å². The van der Waals surface area contributed by atoms with Gasteiger partial charge in [-0.2, -0.15) is 0 Å². The van der Waals surface area contributed by atoms with Crippen LogP contribution in [0, 0.1) is 6.92 Å². The molecule has 0 saturated carbocycles. The molecule has 3 heterocycles. The van der Waals surface area contributed by atoms with Crippen LogP contribution >= 0.6 is 0 Å². The third-order valence-electron chi connectivity index (χ3n) is 6.27. The van der Waals surface area contributed by atoms with Crippen molar-refractivity contribution < 1.29 is 14.3 Å². The van der Waals surface area contributed by atoms with E-state index in [4.69, 9.17) is 14.5 Å². The Kier molecular flexibility index (Phi) is 6.75. The number of rotatable bonds is 5. The summed E-state index contributed by atoms with van der Waals surface area (Å²) >= 11 is 0. The summed E-state index contributed by atoms with van der Waals surface area (Å²) in [6.45, 7) is 8.42. The minimum atomic E-state index is -0.572. The number of carbonyl (C=O) groups is 1. The summed E-state index contributed by atoms with van der Waals surface area (Å²) in [7, 11) is 1.64. The molecular formula is C29H32N6O3. The van der Waals surface area contributed by atoms with E-state index in [2.05, 4.69) is 27.4 Å². The molecule has 1 aliphatic rings. The van der Waals surface area contributed by atoms with E-state index in [-0.39, 0.29) is 12.0 Å². The minimum absolute atomic E-state index is 0.114. The van der Waals surface area contributed by atoms with Gasteiger partial charge in [0.25, 0.3) is 0 Å². The Morgan fingerprint density at radius 3 is 2.58 bits per heavy atom. The third kappa shape index (κ3) is 5.46. The molecule has 5 rings (SSSR count). The lowest BCUT2D eigenvalue weighted by molar-refractivity contribution is 0.0211. The highest BCUT2D eigenvalue weighted by atomic mass is 16.6. The molecular weight excluding hydrogens is 480 g/mol. The molecule has 1 amide bonds. The van der Waals surface area contributed by atoms with Crippen LogP contribution in [0.25, 0.3) is 5.69 Å². The van der Waals surface area contributed by atoms with E-state index >= 15 is 0 Å². The van der Waals surface area contributed by atoms with Crippen LogP contribution in [0.2, 0.25) is 0 Å². The highest BCUT2D eigenvalue weighted by Crippen LogP contribution is 2.34. The van der Waals surface area contributed by atoms with Gasteiger partial charge in [-0.05, 0) is 45.4 Å². The number of amides is 1. The molecule has 2 aromatic heterocycles. The highest BCUT2D eigenvalue weighted by molar-refractivity contribution is 5.69. The average Bonchev–Trinajstić information content (AvgIpc) is 3.33. The molecule has 1 atom stereocenters. The fourth-order valence-electron chi connectivity index (χ4n) is 4.55. The van der Waals surface area contributed by atoms with Crippen LogP contribution in [0.1, 0.15) is 49.2 Å². The monoisotopic (exact) mass is 512 g/mol. The topological polar surface area (TPSA) is 94.4 Å². The SMILES string of the molecule is COc1cc(Nc2ncc3c(n2)C(c2ccccc2)CN(C(=O)OC(C)(C)C)C3)ccc1-n1cnc(C)c1. The number of ether oxygens (including phenoxy) is 2. The van der Waals surface area contributed by atoms with Crippen LogP contribution in [0.4, 0.5) is 16.4 Å². The lowest BCUT2D eigenvalue weighted by atomic mass is 9.89. The van der Waals surface area contributed by atoms with Crippen molar-refractivity contribution in [1.82, 2.24) is 24.4 Å². The predicted molar refractivity (Wildman–Crippen MR) is 145 cm³/mol. The van der Waals surface area contributed by atoms with Crippen molar-refractivity contribution in [3.63, 3.8) is 0 Å². The largest absolute Gasteiger partial charge is 0.494 e. The van der Waals surface area contributed by atoms with Crippen molar-refractivity contribution in [2.45, 2.75) is 45.8 Å². The molecule has 0 aliphatic carbocycles. The van der Waals surface area contributed by atoms with E-state index in [1.807, 2.05) is 74.9 Å². The number of anilines is 2. The van der Waals surface area contributed by atoms with Crippen LogP contribution in [0.3, 0.4) is 0 Å². The first-order valence-electron chi connectivity index (χ1n) is 12.5. The predicted octanol–water partition coefficient (Wildman–Crippen LogP) is 5.61. The number of fused-ring (bicyclic) bond motifs is 1. The summed E-state index contributed by atoms with van der Waals surface area (Å²) in [5.74, 6) is 1.06. The van der Waals surface area contributed by atoms with Crippen molar-refractivity contribution in [3.05, 3.63) is 89.8 Å². The fraction of sp³-hybridized carbons (Fsp3) is 0.310. The Bertz CT molecular complexity index is 1440. The molecule has 1 aliphatic heterocycles. The zero-order valence-electron chi connectivity index (χ0n) is 22.3. The number of aromatic nitrogens is 4. The van der Waals surface area contributed by atoms with Crippen molar-refractivity contribution in [1.29, 1.82) is 0 Å². The molecule has 196 valence electrons. The summed E-state index contributed by atoms with van der Waals surface area (Å²) in [5.41, 5.74) is 4.90. The number of methoxy groups -OCH3 is 1. The maximum absolute atomic E-state index is 12.9. The molecule has 2 aromatic carbocycles. The van der Waals surface area contributed by atoms with E-state index < -0.39 is 5.60 Å². The van der Waals surface area contributed by atoms with Gasteiger partial charge in [-0.15, -0.1) is 0 Å². The number of imidazole rings is 1. The standard InChI is InChI=1S/C29H32N6O3/c1-19-15-35(18-31-19)24-12-11-22(13-25(24)37-5)32-27-30-14-21-16-34(28(36)38-29(2,3)4)17-23(26(21)33-27)20-9-7-6-8-10-20/h6-15,18,23H,16-17H2,1-5H3,(H,30,32,33). The van der Waals surface area contributed by atoms with Gasteiger partial charge in [0, 0.05) is 42.2 Å². The second kappa shape index (κ2) is 10.2. The van der Waals surface area contributed by atoms with Crippen molar-refractivity contribution >= 4 is 17.7 Å². The zero-order valence-corrected chi connectivity index (χ0v) is 22.3. The second-order valence-electron chi connectivity index (χ2n) is 10.4. The van der Waals surface area contributed by atoms with Gasteiger partial charge in [-0.1, -0.05) is 30.3 Å². The molecule has 4 aromatic rings. The first-order valence-corrected chi connectivity index (χ1v) is 12.5. The zero-order chi connectivity index (χ0) is 26.9. The van der Waals surface area contributed by atoms with Crippen LogP contribution in [0.5, 0.6) is 5.75 Å². The molecule has 1 N–H and O–H groups in total. The summed E-state index contributed by atoms with van der Waals surface area (Å²) < 4.78 is 13.2. The first kappa shape index (κ1) is 25.3. The van der Waals surface area contributed by atoms with E-state index in [0.717, 1.165) is 33.9 Å². The van der Waals surface area contributed by atoms with Crippen molar-refractivity contribution in [2.75, 3.05) is 19.0 Å². The van der Waals surface area contributed by atoms with Gasteiger partial charge < -0.3 is 24.3 Å². The number of hydrogen-bond acceptors (Lipinski definition) is 7. The Balaban J connectivity index is 1.44. The lowest BCUT2D eigenvalue weighted by Crippen LogP contribution is -2.42. The number of carbonyl (C=O) groups excluding carboxylic acids is 1. The first-order chi connectivity index (χ1) is 18.2. The Labute approximate surface area is 222 Å². The molecule has 1 unspecified atom stereocenters. The van der Waals surface area contributed by atoms with E-state index in [9.17, 15) is 4.79 Å². The van der Waals surface area contributed by atoms with Gasteiger partial charge in [-0.25, -0.2) is 19.7 Å². The maximum atomic E-state index is 12.9. The molecule has 0 radical (unpaired) electrons. The number of nitrogens with one attached hydrogen (secondary N) is 1.